The first kappa shape index (κ1) is 22.0. The molecule has 0 aliphatic carbocycles. The summed E-state index contributed by atoms with van der Waals surface area (Å²) in [5.74, 6) is -0.273. The molecule has 0 fully saturated rings. The molecule has 8 nitrogen and oxygen atoms in total. The monoisotopic (exact) mass is 408 g/mol. The molecule has 0 saturated carbocycles. The SMILES string of the molecule is CC(C)(C)ON(CC1(c2ccccc2)SC(N)=NN1C(=O)C(C)(C)C)C(=O)O. The number of hydroxylamine groups is 2. The lowest BCUT2D eigenvalue weighted by Crippen LogP contribution is -2.54. The summed E-state index contributed by atoms with van der Waals surface area (Å²) in [6.07, 6.45) is -1.26. The molecule has 0 saturated heterocycles. The van der Waals surface area contributed by atoms with Gasteiger partial charge in [0, 0.05) is 5.41 Å². The molecule has 1 aliphatic heterocycles. The lowest BCUT2D eigenvalue weighted by Gasteiger charge is -2.41. The molecule has 0 spiro atoms. The molecule has 1 unspecified atom stereocenters. The van der Waals surface area contributed by atoms with Gasteiger partial charge in [0.05, 0.1) is 12.1 Å². The van der Waals surface area contributed by atoms with Crippen molar-refractivity contribution < 1.29 is 19.5 Å². The number of carbonyl (C=O) groups is 2. The van der Waals surface area contributed by atoms with Crippen LogP contribution in [0.4, 0.5) is 4.79 Å². The standard InChI is InChI=1S/C19H28N4O4S/c1-17(2,3)14(24)23-19(28-15(20)21-23,13-10-8-7-9-11-13)12-22(16(25)26)27-18(4,5)6/h7-11H,12H2,1-6H3,(H2,20,21)(H,25,26). The van der Waals surface area contributed by atoms with Gasteiger partial charge in [-0.1, -0.05) is 51.1 Å². The Hall–Kier alpha value is -2.26. The smallest absolute Gasteiger partial charge is 0.431 e. The number of amides is 2. The van der Waals surface area contributed by atoms with Crippen molar-refractivity contribution >= 4 is 28.9 Å². The second kappa shape index (κ2) is 7.63. The quantitative estimate of drug-likeness (QED) is 0.739. The fraction of sp³-hybridized carbons (Fsp3) is 0.526. The Balaban J connectivity index is 2.58. The van der Waals surface area contributed by atoms with Crippen LogP contribution in [0.3, 0.4) is 0 Å². The fourth-order valence-corrected chi connectivity index (χ4v) is 3.79. The molecule has 2 rings (SSSR count). The van der Waals surface area contributed by atoms with E-state index >= 15 is 0 Å². The van der Waals surface area contributed by atoms with Crippen molar-refractivity contribution in [2.75, 3.05) is 6.54 Å². The molecule has 0 bridgehead atoms. The number of nitrogens with zero attached hydrogens (tertiary/aromatic N) is 3. The van der Waals surface area contributed by atoms with E-state index in [-0.39, 0.29) is 17.6 Å². The molecule has 2 amide bonds. The van der Waals surface area contributed by atoms with Gasteiger partial charge in [0.15, 0.2) is 10.0 Å². The highest BCUT2D eigenvalue weighted by Gasteiger charge is 2.52. The number of carbonyl (C=O) groups excluding carboxylic acids is 1. The van der Waals surface area contributed by atoms with E-state index in [1.54, 1.807) is 41.5 Å². The maximum Gasteiger partial charge on any atom is 0.431 e. The second-order valence-electron chi connectivity index (χ2n) is 8.58. The molecule has 1 aromatic rings. The van der Waals surface area contributed by atoms with Gasteiger partial charge in [0.25, 0.3) is 0 Å². The Morgan fingerprint density at radius 2 is 1.79 bits per heavy atom. The first-order valence-corrected chi connectivity index (χ1v) is 9.71. The van der Waals surface area contributed by atoms with Crippen molar-refractivity contribution in [2.24, 2.45) is 16.3 Å². The minimum absolute atomic E-state index is 0.166. The van der Waals surface area contributed by atoms with Crippen molar-refractivity contribution in [1.82, 2.24) is 10.1 Å². The first-order valence-electron chi connectivity index (χ1n) is 8.89. The molecule has 1 aliphatic rings. The van der Waals surface area contributed by atoms with E-state index in [4.69, 9.17) is 10.6 Å². The van der Waals surface area contributed by atoms with Crippen molar-refractivity contribution in [2.45, 2.75) is 52.0 Å². The highest BCUT2D eigenvalue weighted by molar-refractivity contribution is 8.14. The van der Waals surface area contributed by atoms with E-state index in [0.29, 0.717) is 5.56 Å². The highest BCUT2D eigenvalue weighted by Crippen LogP contribution is 2.47. The molecule has 0 radical (unpaired) electrons. The van der Waals surface area contributed by atoms with Crippen LogP contribution in [-0.4, -0.2) is 44.5 Å². The van der Waals surface area contributed by atoms with Gasteiger partial charge in [-0.15, -0.1) is 5.10 Å². The van der Waals surface area contributed by atoms with Crippen molar-refractivity contribution in [1.29, 1.82) is 0 Å². The Morgan fingerprint density at radius 1 is 1.21 bits per heavy atom. The van der Waals surface area contributed by atoms with Crippen LogP contribution in [0.15, 0.2) is 35.4 Å². The van der Waals surface area contributed by atoms with Crippen LogP contribution < -0.4 is 5.73 Å². The molecule has 1 aromatic carbocycles. The van der Waals surface area contributed by atoms with Gasteiger partial charge >= 0.3 is 6.09 Å². The van der Waals surface area contributed by atoms with Gasteiger partial charge in [-0.25, -0.2) is 9.80 Å². The van der Waals surface area contributed by atoms with Gasteiger partial charge < -0.3 is 10.8 Å². The second-order valence-corrected chi connectivity index (χ2v) is 9.88. The molecule has 1 heterocycles. The van der Waals surface area contributed by atoms with E-state index in [9.17, 15) is 14.7 Å². The third-order valence-electron chi connectivity index (χ3n) is 3.83. The van der Waals surface area contributed by atoms with Crippen LogP contribution in [0.25, 0.3) is 0 Å². The normalized spacial score (nSPS) is 20.1. The number of amidine groups is 1. The van der Waals surface area contributed by atoms with Crippen LogP contribution in [-0.2, 0) is 14.5 Å². The Labute approximate surface area is 169 Å². The average Bonchev–Trinajstić information content (AvgIpc) is 2.89. The molecular weight excluding hydrogens is 380 g/mol. The molecular formula is C19H28N4O4S. The van der Waals surface area contributed by atoms with E-state index < -0.39 is 22.0 Å². The van der Waals surface area contributed by atoms with Crippen molar-refractivity contribution in [3.8, 4) is 0 Å². The van der Waals surface area contributed by atoms with Crippen LogP contribution in [0, 0.1) is 5.41 Å². The van der Waals surface area contributed by atoms with E-state index in [1.807, 2.05) is 30.3 Å². The summed E-state index contributed by atoms with van der Waals surface area (Å²) >= 11 is 1.14. The minimum Gasteiger partial charge on any atom is -0.463 e. The number of carboxylic acid groups (broad SMARTS) is 1. The third-order valence-corrected chi connectivity index (χ3v) is 4.99. The van der Waals surface area contributed by atoms with Gasteiger partial charge in [-0.3, -0.25) is 9.63 Å². The Bertz CT molecular complexity index is 770. The number of nitrogens with two attached hydrogens (primary N) is 1. The van der Waals surface area contributed by atoms with Crippen molar-refractivity contribution in [3.63, 3.8) is 0 Å². The molecule has 1 atom stereocenters. The Morgan fingerprint density at radius 3 is 2.25 bits per heavy atom. The summed E-state index contributed by atoms with van der Waals surface area (Å²) in [5.41, 5.74) is 5.22. The van der Waals surface area contributed by atoms with Gasteiger partial charge in [-0.2, -0.15) is 5.06 Å². The lowest BCUT2D eigenvalue weighted by atomic mass is 9.93. The lowest BCUT2D eigenvalue weighted by molar-refractivity contribution is -0.211. The number of hydrogen-bond donors (Lipinski definition) is 2. The average molecular weight is 409 g/mol. The first-order chi connectivity index (χ1) is 12.8. The predicted octanol–water partition coefficient (Wildman–Crippen LogP) is 3.40. The third kappa shape index (κ3) is 4.77. The van der Waals surface area contributed by atoms with Crippen molar-refractivity contribution in [3.05, 3.63) is 35.9 Å². The number of hydrazone groups is 1. The summed E-state index contributed by atoms with van der Waals surface area (Å²) < 4.78 is 0. The summed E-state index contributed by atoms with van der Waals surface area (Å²) in [6.45, 7) is 10.4. The zero-order valence-corrected chi connectivity index (χ0v) is 17.9. The maximum absolute atomic E-state index is 13.2. The summed E-state index contributed by atoms with van der Waals surface area (Å²) in [6, 6.07) is 9.13. The molecule has 154 valence electrons. The zero-order valence-electron chi connectivity index (χ0n) is 17.1. The van der Waals surface area contributed by atoms with Crippen LogP contribution in [0.2, 0.25) is 0 Å². The molecule has 3 N–H and O–H groups in total. The van der Waals surface area contributed by atoms with E-state index in [1.165, 1.54) is 5.01 Å². The predicted molar refractivity (Wildman–Crippen MR) is 109 cm³/mol. The van der Waals surface area contributed by atoms with Crippen LogP contribution >= 0.6 is 11.8 Å². The molecule has 9 heteroatoms. The number of hydrogen-bond acceptors (Lipinski definition) is 6. The maximum atomic E-state index is 13.2. The summed E-state index contributed by atoms with van der Waals surface area (Å²) in [7, 11) is 0. The zero-order chi connectivity index (χ0) is 21.3. The van der Waals surface area contributed by atoms with Gasteiger partial charge in [0.1, 0.15) is 0 Å². The topological polar surface area (TPSA) is 108 Å². The highest BCUT2D eigenvalue weighted by atomic mass is 32.2. The summed E-state index contributed by atoms with van der Waals surface area (Å²) in [4.78, 5) is 29.6. The van der Waals surface area contributed by atoms with E-state index in [2.05, 4.69) is 5.10 Å². The molecule has 28 heavy (non-hydrogen) atoms. The largest absolute Gasteiger partial charge is 0.463 e. The number of thioether (sulfide) groups is 1. The fourth-order valence-electron chi connectivity index (χ4n) is 2.68. The van der Waals surface area contributed by atoms with Gasteiger partial charge in [-0.05, 0) is 38.1 Å². The van der Waals surface area contributed by atoms with Crippen LogP contribution in [0.5, 0.6) is 0 Å². The summed E-state index contributed by atoms with van der Waals surface area (Å²) in [5, 5.41) is 16.3. The number of benzene rings is 1. The van der Waals surface area contributed by atoms with Crippen LogP contribution in [0.1, 0.15) is 47.1 Å². The minimum atomic E-state index is -1.26. The number of rotatable bonds is 4. The Kier molecular flexibility index (Phi) is 6.01. The van der Waals surface area contributed by atoms with E-state index in [0.717, 1.165) is 16.8 Å². The van der Waals surface area contributed by atoms with Gasteiger partial charge in [0.2, 0.25) is 5.91 Å². The molecule has 0 aromatic heterocycles.